The molecule has 0 aromatic rings. The predicted octanol–water partition coefficient (Wildman–Crippen LogP) is 5.98. The molecule has 5 atom stereocenters. The first-order valence-corrected chi connectivity index (χ1v) is 9.07. The van der Waals surface area contributed by atoms with Crippen LogP contribution < -0.4 is 0 Å². The van der Waals surface area contributed by atoms with Crippen LogP contribution in [0.4, 0.5) is 0 Å². The fraction of sp³-hybridized carbons (Fsp3) is 0.900. The fourth-order valence-corrected chi connectivity index (χ4v) is 7.53. The molecule has 112 valence electrons. The van der Waals surface area contributed by atoms with E-state index < -0.39 is 0 Å². The summed E-state index contributed by atoms with van der Waals surface area (Å²) in [4.78, 5) is 0. The Balaban J connectivity index is 1.76. The summed E-state index contributed by atoms with van der Waals surface area (Å²) < 4.78 is 0. The number of allylic oxidation sites excluding steroid dienone is 2. The zero-order valence-corrected chi connectivity index (χ0v) is 14.0. The van der Waals surface area contributed by atoms with E-state index in [-0.39, 0.29) is 0 Å². The van der Waals surface area contributed by atoms with E-state index in [0.717, 1.165) is 17.8 Å². The Bertz CT molecular complexity index is 457. The topological polar surface area (TPSA) is 0 Å². The summed E-state index contributed by atoms with van der Waals surface area (Å²) in [5, 5.41) is 0. The Hall–Kier alpha value is -0.260. The molecule has 0 radical (unpaired) electrons. The molecule has 4 aliphatic rings. The highest BCUT2D eigenvalue weighted by molar-refractivity contribution is 5.26. The first-order valence-electron chi connectivity index (χ1n) is 9.07. The molecule has 4 aliphatic carbocycles. The van der Waals surface area contributed by atoms with Gasteiger partial charge in [0.15, 0.2) is 0 Å². The van der Waals surface area contributed by atoms with Crippen LogP contribution in [0.5, 0.6) is 0 Å². The second-order valence-electron chi connectivity index (χ2n) is 9.59. The zero-order chi connectivity index (χ0) is 14.2. The number of hydrogen-bond donors (Lipinski definition) is 0. The van der Waals surface area contributed by atoms with Crippen molar-refractivity contribution in [2.45, 2.75) is 79.1 Å². The van der Waals surface area contributed by atoms with Crippen LogP contribution in [0.15, 0.2) is 11.6 Å². The SMILES string of the molecule is CC1=C[C@@]23CC[C@H]4C(C)(C)CCC[C@]4(C)[C@@H]2CC[C@H]1C3. The van der Waals surface area contributed by atoms with E-state index in [1.165, 1.54) is 51.4 Å². The predicted molar refractivity (Wildman–Crippen MR) is 85.5 cm³/mol. The summed E-state index contributed by atoms with van der Waals surface area (Å²) >= 11 is 0. The van der Waals surface area contributed by atoms with Crippen LogP contribution in [0.1, 0.15) is 79.1 Å². The molecule has 0 nitrogen and oxygen atoms in total. The van der Waals surface area contributed by atoms with E-state index in [2.05, 4.69) is 33.8 Å². The average molecular weight is 272 g/mol. The minimum Gasteiger partial charge on any atom is -0.0788 e. The third-order valence-corrected chi connectivity index (χ3v) is 8.25. The molecule has 2 bridgehead atoms. The lowest BCUT2D eigenvalue weighted by Crippen LogP contribution is -2.55. The maximum Gasteiger partial charge on any atom is -0.00762 e. The summed E-state index contributed by atoms with van der Waals surface area (Å²) in [5.41, 5.74) is 3.57. The maximum absolute atomic E-state index is 2.76. The van der Waals surface area contributed by atoms with Crippen molar-refractivity contribution in [3.05, 3.63) is 11.6 Å². The summed E-state index contributed by atoms with van der Waals surface area (Å²) in [6.45, 7) is 10.2. The number of hydrogen-bond acceptors (Lipinski definition) is 0. The molecule has 0 aromatic carbocycles. The van der Waals surface area contributed by atoms with Crippen molar-refractivity contribution in [3.8, 4) is 0 Å². The summed E-state index contributed by atoms with van der Waals surface area (Å²) in [6.07, 6.45) is 14.7. The van der Waals surface area contributed by atoms with Gasteiger partial charge in [0, 0.05) is 0 Å². The van der Waals surface area contributed by atoms with Gasteiger partial charge in [0.1, 0.15) is 0 Å². The summed E-state index contributed by atoms with van der Waals surface area (Å²) in [6, 6.07) is 0. The smallest absolute Gasteiger partial charge is 0.00762 e. The molecule has 4 rings (SSSR count). The Morgan fingerprint density at radius 1 is 0.950 bits per heavy atom. The molecular formula is C20H32. The molecule has 0 aromatic heterocycles. The van der Waals surface area contributed by atoms with Gasteiger partial charge in [0.25, 0.3) is 0 Å². The first-order chi connectivity index (χ1) is 9.37. The van der Waals surface area contributed by atoms with Gasteiger partial charge in [-0.25, -0.2) is 0 Å². The van der Waals surface area contributed by atoms with Crippen LogP contribution in [-0.2, 0) is 0 Å². The van der Waals surface area contributed by atoms with Gasteiger partial charge < -0.3 is 0 Å². The minimum atomic E-state index is 0.586. The van der Waals surface area contributed by atoms with E-state index in [4.69, 9.17) is 0 Å². The second-order valence-corrected chi connectivity index (χ2v) is 9.59. The lowest BCUT2D eigenvalue weighted by molar-refractivity contribution is -0.133. The molecule has 20 heavy (non-hydrogen) atoms. The van der Waals surface area contributed by atoms with Crippen LogP contribution in [0.3, 0.4) is 0 Å². The normalized spacial score (nSPS) is 53.0. The molecule has 1 spiro atoms. The molecule has 0 amide bonds. The Morgan fingerprint density at radius 3 is 2.55 bits per heavy atom. The Labute approximate surface area is 125 Å². The third-order valence-electron chi connectivity index (χ3n) is 8.25. The molecule has 0 unspecified atom stereocenters. The molecule has 0 N–H and O–H groups in total. The first kappa shape index (κ1) is 13.4. The Kier molecular flexibility index (Phi) is 2.63. The average Bonchev–Trinajstić information content (AvgIpc) is 2.58. The molecule has 0 saturated heterocycles. The maximum atomic E-state index is 2.76. The van der Waals surface area contributed by atoms with Gasteiger partial charge in [-0.2, -0.15) is 0 Å². The lowest BCUT2D eigenvalue weighted by atomic mass is 9.41. The largest absolute Gasteiger partial charge is 0.0788 e. The van der Waals surface area contributed by atoms with Gasteiger partial charge in [-0.1, -0.05) is 38.8 Å². The lowest BCUT2D eigenvalue weighted by Gasteiger charge is -2.63. The van der Waals surface area contributed by atoms with Crippen molar-refractivity contribution in [3.63, 3.8) is 0 Å². The van der Waals surface area contributed by atoms with Crippen LogP contribution >= 0.6 is 0 Å². The van der Waals surface area contributed by atoms with E-state index in [1.807, 2.05) is 0 Å². The van der Waals surface area contributed by atoms with Gasteiger partial charge >= 0.3 is 0 Å². The zero-order valence-electron chi connectivity index (χ0n) is 14.0. The minimum absolute atomic E-state index is 0.586. The van der Waals surface area contributed by atoms with E-state index in [0.29, 0.717) is 16.2 Å². The summed E-state index contributed by atoms with van der Waals surface area (Å²) in [7, 11) is 0. The quantitative estimate of drug-likeness (QED) is 0.476. The van der Waals surface area contributed by atoms with Gasteiger partial charge in [0.05, 0.1) is 0 Å². The molecule has 0 heterocycles. The van der Waals surface area contributed by atoms with Gasteiger partial charge in [-0.05, 0) is 85.9 Å². The van der Waals surface area contributed by atoms with Crippen molar-refractivity contribution >= 4 is 0 Å². The van der Waals surface area contributed by atoms with E-state index in [1.54, 1.807) is 5.57 Å². The Morgan fingerprint density at radius 2 is 1.75 bits per heavy atom. The number of fused-ring (bicyclic) bond motifs is 3. The van der Waals surface area contributed by atoms with Gasteiger partial charge in [0.2, 0.25) is 0 Å². The van der Waals surface area contributed by atoms with Crippen molar-refractivity contribution in [1.29, 1.82) is 0 Å². The van der Waals surface area contributed by atoms with Gasteiger partial charge in [-0.15, -0.1) is 0 Å². The van der Waals surface area contributed by atoms with Crippen LogP contribution in [0, 0.1) is 34.0 Å². The van der Waals surface area contributed by atoms with Gasteiger partial charge in [-0.3, -0.25) is 0 Å². The summed E-state index contributed by atoms with van der Waals surface area (Å²) in [5.74, 6) is 2.91. The number of rotatable bonds is 0. The molecular weight excluding hydrogens is 240 g/mol. The molecule has 3 saturated carbocycles. The monoisotopic (exact) mass is 272 g/mol. The van der Waals surface area contributed by atoms with Crippen LogP contribution in [0.25, 0.3) is 0 Å². The molecule has 0 aliphatic heterocycles. The van der Waals surface area contributed by atoms with Crippen molar-refractivity contribution < 1.29 is 0 Å². The highest BCUT2D eigenvalue weighted by Crippen LogP contribution is 2.70. The molecule has 0 heteroatoms. The van der Waals surface area contributed by atoms with Crippen LogP contribution in [0.2, 0.25) is 0 Å². The van der Waals surface area contributed by atoms with E-state index >= 15 is 0 Å². The van der Waals surface area contributed by atoms with Crippen molar-refractivity contribution in [1.82, 2.24) is 0 Å². The fourth-order valence-electron chi connectivity index (χ4n) is 7.53. The highest BCUT2D eigenvalue weighted by Gasteiger charge is 2.61. The second kappa shape index (κ2) is 3.93. The molecule has 3 fully saturated rings. The van der Waals surface area contributed by atoms with Crippen molar-refractivity contribution in [2.75, 3.05) is 0 Å². The van der Waals surface area contributed by atoms with E-state index in [9.17, 15) is 0 Å². The van der Waals surface area contributed by atoms with Crippen molar-refractivity contribution in [2.24, 2.45) is 34.0 Å². The third kappa shape index (κ3) is 1.54. The standard InChI is InChI=1S/C20H32/c1-14-12-20-11-8-16-18(2,3)9-5-10-19(16,4)17(20)7-6-15(14)13-20/h12,15-17H,5-11,13H2,1-4H3/t15-,16-,17-,19-,20+/m0/s1. The van der Waals surface area contributed by atoms with Crippen LogP contribution in [-0.4, -0.2) is 0 Å². The highest BCUT2D eigenvalue weighted by atomic mass is 14.7.